The third kappa shape index (κ3) is 6.33. The SMILES string of the molecule is C[C](C)=[Zr+2]([C]1=CC(C2(C)CCCCC2)=CC1C)[c]1c(C)c(C(C)(C)C)cc2c1Cc1cc(C)c(C(C)(C)C)cc1-2.[Cl-].[Cl-]. The number of hydrogen-bond acceptors (Lipinski definition) is 0. The van der Waals surface area contributed by atoms with Gasteiger partial charge in [0.15, 0.2) is 0 Å². The Bertz CT molecular complexity index is 1460. The maximum absolute atomic E-state index is 2.75. The van der Waals surface area contributed by atoms with E-state index in [1.54, 1.807) is 39.9 Å². The first-order chi connectivity index (χ1) is 18.5. The van der Waals surface area contributed by atoms with Crippen molar-refractivity contribution in [3.63, 3.8) is 0 Å². The first kappa shape index (κ1) is 35.7. The monoisotopic (exact) mass is 682 g/mol. The van der Waals surface area contributed by atoms with Gasteiger partial charge in [-0.05, 0) is 0 Å². The number of fused-ring (bicyclic) bond motifs is 3. The number of benzene rings is 2. The van der Waals surface area contributed by atoms with Crippen LogP contribution < -0.4 is 28.1 Å². The Labute approximate surface area is 278 Å². The molecule has 0 nitrogen and oxygen atoms in total. The van der Waals surface area contributed by atoms with E-state index in [1.807, 2.05) is 3.28 Å². The van der Waals surface area contributed by atoms with Crippen LogP contribution in [0.3, 0.4) is 0 Å². The third-order valence-corrected chi connectivity index (χ3v) is 18.6. The molecule has 3 heteroatoms. The Morgan fingerprint density at radius 3 is 1.95 bits per heavy atom. The maximum atomic E-state index is 2.75. The molecule has 42 heavy (non-hydrogen) atoms. The Hall–Kier alpha value is -0.747. The van der Waals surface area contributed by atoms with Gasteiger partial charge in [-0.25, -0.2) is 0 Å². The van der Waals surface area contributed by atoms with Crippen LogP contribution in [-0.4, -0.2) is 3.21 Å². The molecule has 1 atom stereocenters. The fourth-order valence-electron chi connectivity index (χ4n) is 8.23. The molecule has 0 radical (unpaired) electrons. The summed E-state index contributed by atoms with van der Waals surface area (Å²) in [6.07, 6.45) is 13.5. The van der Waals surface area contributed by atoms with Crippen LogP contribution in [0.15, 0.2) is 39.2 Å². The van der Waals surface area contributed by atoms with E-state index in [0.717, 1.165) is 6.42 Å². The minimum atomic E-state index is -2.34. The van der Waals surface area contributed by atoms with Crippen LogP contribution in [0, 0.1) is 25.2 Å². The van der Waals surface area contributed by atoms with Crippen LogP contribution in [0.5, 0.6) is 0 Å². The van der Waals surface area contributed by atoms with Crippen molar-refractivity contribution in [3.05, 3.63) is 72.6 Å². The molecule has 3 aliphatic carbocycles. The van der Waals surface area contributed by atoms with Gasteiger partial charge in [0.1, 0.15) is 0 Å². The van der Waals surface area contributed by atoms with Crippen molar-refractivity contribution in [1.82, 2.24) is 0 Å². The van der Waals surface area contributed by atoms with Crippen LogP contribution in [0.2, 0.25) is 0 Å². The fourth-order valence-corrected chi connectivity index (χ4v) is 16.2. The Morgan fingerprint density at radius 1 is 0.833 bits per heavy atom. The topological polar surface area (TPSA) is 0 Å². The summed E-state index contributed by atoms with van der Waals surface area (Å²) in [5.41, 5.74) is 14.7. The van der Waals surface area contributed by atoms with Gasteiger partial charge in [0.2, 0.25) is 0 Å². The largest absolute Gasteiger partial charge is 1.00 e. The molecule has 228 valence electrons. The van der Waals surface area contributed by atoms with E-state index in [-0.39, 0.29) is 35.6 Å². The molecule has 0 aliphatic heterocycles. The van der Waals surface area contributed by atoms with Crippen molar-refractivity contribution in [2.75, 3.05) is 0 Å². The zero-order valence-electron chi connectivity index (χ0n) is 28.5. The second kappa shape index (κ2) is 12.6. The zero-order chi connectivity index (χ0) is 29.4. The van der Waals surface area contributed by atoms with Crippen LogP contribution in [-0.2, 0) is 38.5 Å². The Morgan fingerprint density at radius 2 is 1.40 bits per heavy atom. The summed E-state index contributed by atoms with van der Waals surface area (Å²) < 4.78 is 5.35. The quantitative estimate of drug-likeness (QED) is 0.385. The van der Waals surface area contributed by atoms with E-state index in [0.29, 0.717) is 11.3 Å². The van der Waals surface area contributed by atoms with E-state index < -0.39 is 21.3 Å². The minimum Gasteiger partial charge on any atom is -1.00 e. The average Bonchev–Trinajstić information content (AvgIpc) is 3.39. The summed E-state index contributed by atoms with van der Waals surface area (Å²) in [5.74, 6) is 0.574. The van der Waals surface area contributed by atoms with Gasteiger partial charge in [-0.1, -0.05) is 0 Å². The summed E-state index contributed by atoms with van der Waals surface area (Å²) in [5, 5.41) is 0. The Kier molecular flexibility index (Phi) is 10.7. The van der Waals surface area contributed by atoms with Gasteiger partial charge >= 0.3 is 255 Å². The summed E-state index contributed by atoms with van der Waals surface area (Å²) in [6, 6.07) is 7.69. The van der Waals surface area contributed by atoms with E-state index in [4.69, 9.17) is 0 Å². The summed E-state index contributed by atoms with van der Waals surface area (Å²) >= 11 is -2.34. The Balaban J connectivity index is 0.00000242. The number of hydrogen-bond donors (Lipinski definition) is 0. The predicted octanol–water partition coefficient (Wildman–Crippen LogP) is 4.36. The van der Waals surface area contributed by atoms with Crippen molar-refractivity contribution in [3.8, 4) is 11.1 Å². The molecule has 0 aromatic heterocycles. The molecule has 1 fully saturated rings. The fraction of sp³-hybridized carbons (Fsp3) is 0.564. The molecule has 2 aromatic rings. The summed E-state index contributed by atoms with van der Waals surface area (Å²) in [7, 11) is 0. The third-order valence-electron chi connectivity index (χ3n) is 10.3. The molecule has 1 unspecified atom stereocenters. The van der Waals surface area contributed by atoms with E-state index in [9.17, 15) is 0 Å². The molecule has 0 heterocycles. The molecule has 0 saturated heterocycles. The van der Waals surface area contributed by atoms with E-state index >= 15 is 0 Å². The average molecular weight is 685 g/mol. The predicted molar refractivity (Wildman–Crippen MR) is 174 cm³/mol. The van der Waals surface area contributed by atoms with Gasteiger partial charge in [0, 0.05) is 0 Å². The number of rotatable bonds is 3. The van der Waals surface area contributed by atoms with Crippen molar-refractivity contribution in [2.45, 2.75) is 132 Å². The first-order valence-corrected chi connectivity index (χ1v) is 19.6. The molecule has 5 rings (SSSR count). The summed E-state index contributed by atoms with van der Waals surface area (Å²) in [6.45, 7) is 29.2. The molecule has 1 saturated carbocycles. The van der Waals surface area contributed by atoms with Crippen LogP contribution in [0.4, 0.5) is 0 Å². The second-order valence-corrected chi connectivity index (χ2v) is 22.9. The first-order valence-electron chi connectivity index (χ1n) is 16.0. The number of halogens is 2. The number of allylic oxidation sites excluding steroid dienone is 4. The molecular formula is C39H54Cl2Zr. The van der Waals surface area contributed by atoms with Crippen molar-refractivity contribution in [2.24, 2.45) is 11.3 Å². The van der Waals surface area contributed by atoms with Gasteiger partial charge in [0.05, 0.1) is 0 Å². The van der Waals surface area contributed by atoms with Crippen LogP contribution in [0.1, 0.15) is 135 Å². The molecule has 2 aromatic carbocycles. The molecular weight excluding hydrogens is 631 g/mol. The van der Waals surface area contributed by atoms with Gasteiger partial charge in [-0.3, -0.25) is 0 Å². The molecule has 0 amide bonds. The maximum Gasteiger partial charge on any atom is -1.00 e. The second-order valence-electron chi connectivity index (χ2n) is 16.0. The number of aryl methyl sites for hydroxylation is 1. The standard InChI is InChI=1S/C23H29.C13H19.C3H6.2ClH.Zr/c1-14-9-16-11-17-10-15(2)21(23(6,7)8)13-19(17)18(16)12-20(14)22(3,4)5;1-11-6-7-12(10-11)13(2)8-4-3-5-9-13;1-3-2;;;/h9,12-13H,11H2,1-8H3;7,10-11H,3-5,8-9H2,1-2H3;1-2H3;2*1H;/q;;;;;+2/p-2. The smallest absolute Gasteiger partial charge is 1.00 e. The van der Waals surface area contributed by atoms with Gasteiger partial charge in [-0.15, -0.1) is 0 Å². The van der Waals surface area contributed by atoms with Crippen LogP contribution in [0.25, 0.3) is 11.1 Å². The molecule has 0 bridgehead atoms. The van der Waals surface area contributed by atoms with Crippen molar-refractivity contribution >= 4 is 6.48 Å². The summed E-state index contributed by atoms with van der Waals surface area (Å²) in [4.78, 5) is 0. The van der Waals surface area contributed by atoms with Gasteiger partial charge in [-0.2, -0.15) is 0 Å². The van der Waals surface area contributed by atoms with Gasteiger partial charge < -0.3 is 24.8 Å². The van der Waals surface area contributed by atoms with Crippen LogP contribution >= 0.6 is 0 Å². The van der Waals surface area contributed by atoms with Gasteiger partial charge in [0.25, 0.3) is 0 Å². The molecule has 3 aliphatic rings. The normalized spacial score (nSPS) is 19.0. The van der Waals surface area contributed by atoms with E-state index in [2.05, 4.69) is 113 Å². The van der Waals surface area contributed by atoms with Crippen molar-refractivity contribution in [1.29, 1.82) is 0 Å². The molecule has 0 N–H and O–H groups in total. The molecule has 0 spiro atoms. The van der Waals surface area contributed by atoms with Crippen molar-refractivity contribution < 1.29 is 46.1 Å². The van der Waals surface area contributed by atoms with E-state index in [1.165, 1.54) is 48.8 Å². The minimum absolute atomic E-state index is 0. The zero-order valence-corrected chi connectivity index (χ0v) is 32.4.